The van der Waals surface area contributed by atoms with Crippen molar-refractivity contribution in [3.05, 3.63) is 65.2 Å². The van der Waals surface area contributed by atoms with Gasteiger partial charge in [-0.25, -0.2) is 8.42 Å². The van der Waals surface area contributed by atoms with E-state index in [2.05, 4.69) is 29.2 Å². The van der Waals surface area contributed by atoms with Crippen molar-refractivity contribution < 1.29 is 13.2 Å². The standard InChI is InChI=1S/C22H28N2O3S/c1-23(22(25)20-8-6-7-19(15-20)17-28(2,26)27)16-18-9-11-21(12-10-18)24-13-4-3-5-14-24/h6-12,15H,3-5,13-14,16-17H2,1-2H3. The highest BCUT2D eigenvalue weighted by molar-refractivity contribution is 7.89. The highest BCUT2D eigenvalue weighted by Crippen LogP contribution is 2.21. The van der Waals surface area contributed by atoms with Gasteiger partial charge in [-0.3, -0.25) is 4.79 Å². The molecular weight excluding hydrogens is 372 g/mol. The van der Waals surface area contributed by atoms with Crippen LogP contribution >= 0.6 is 0 Å². The van der Waals surface area contributed by atoms with E-state index in [1.165, 1.54) is 31.2 Å². The molecular formula is C22H28N2O3S. The Morgan fingerprint density at radius 2 is 1.68 bits per heavy atom. The van der Waals surface area contributed by atoms with Crippen molar-refractivity contribution in [1.82, 2.24) is 4.90 Å². The van der Waals surface area contributed by atoms with Gasteiger partial charge in [0, 0.05) is 44.2 Å². The van der Waals surface area contributed by atoms with E-state index in [4.69, 9.17) is 0 Å². The Bertz CT molecular complexity index is 917. The number of sulfone groups is 1. The molecule has 2 aromatic rings. The molecule has 1 heterocycles. The van der Waals surface area contributed by atoms with Gasteiger partial charge in [0.1, 0.15) is 0 Å². The zero-order valence-corrected chi connectivity index (χ0v) is 17.4. The largest absolute Gasteiger partial charge is 0.372 e. The molecule has 28 heavy (non-hydrogen) atoms. The summed E-state index contributed by atoms with van der Waals surface area (Å²) in [5.74, 6) is -0.175. The van der Waals surface area contributed by atoms with Crippen molar-refractivity contribution in [2.45, 2.75) is 31.6 Å². The van der Waals surface area contributed by atoms with Gasteiger partial charge < -0.3 is 9.80 Å². The smallest absolute Gasteiger partial charge is 0.253 e. The highest BCUT2D eigenvalue weighted by Gasteiger charge is 2.15. The van der Waals surface area contributed by atoms with Crippen LogP contribution < -0.4 is 4.90 Å². The second-order valence-electron chi connectivity index (χ2n) is 7.65. The van der Waals surface area contributed by atoms with Gasteiger partial charge in [-0.1, -0.05) is 24.3 Å². The van der Waals surface area contributed by atoms with Gasteiger partial charge in [-0.15, -0.1) is 0 Å². The number of benzene rings is 2. The van der Waals surface area contributed by atoms with Crippen LogP contribution in [0.2, 0.25) is 0 Å². The van der Waals surface area contributed by atoms with E-state index in [1.54, 1.807) is 36.2 Å². The molecule has 0 aliphatic carbocycles. The molecule has 1 saturated heterocycles. The maximum atomic E-state index is 12.7. The molecule has 0 atom stereocenters. The van der Waals surface area contributed by atoms with E-state index in [9.17, 15) is 13.2 Å². The number of carbonyl (C=O) groups excluding carboxylic acids is 1. The summed E-state index contributed by atoms with van der Waals surface area (Å²) in [4.78, 5) is 16.8. The van der Waals surface area contributed by atoms with Crippen LogP contribution in [0.1, 0.15) is 40.7 Å². The lowest BCUT2D eigenvalue weighted by atomic mass is 10.1. The lowest BCUT2D eigenvalue weighted by molar-refractivity contribution is 0.0785. The van der Waals surface area contributed by atoms with E-state index in [-0.39, 0.29) is 11.7 Å². The number of hydrogen-bond acceptors (Lipinski definition) is 4. The zero-order valence-electron chi connectivity index (χ0n) is 16.6. The minimum absolute atomic E-state index is 0.0597. The number of anilines is 1. The van der Waals surface area contributed by atoms with Crippen molar-refractivity contribution >= 4 is 21.4 Å². The van der Waals surface area contributed by atoms with Crippen LogP contribution in [0.4, 0.5) is 5.69 Å². The zero-order chi connectivity index (χ0) is 20.1. The second-order valence-corrected chi connectivity index (χ2v) is 9.79. The summed E-state index contributed by atoms with van der Waals surface area (Å²) in [7, 11) is -1.36. The van der Waals surface area contributed by atoms with Gasteiger partial charge in [-0.05, 0) is 54.7 Å². The Morgan fingerprint density at radius 3 is 2.32 bits per heavy atom. The Kier molecular flexibility index (Phi) is 6.39. The van der Waals surface area contributed by atoms with Gasteiger partial charge in [0.05, 0.1) is 5.75 Å². The van der Waals surface area contributed by atoms with Crippen LogP contribution in [-0.4, -0.2) is 45.6 Å². The van der Waals surface area contributed by atoms with Gasteiger partial charge in [0.25, 0.3) is 5.91 Å². The third kappa shape index (κ3) is 5.58. The Labute approximate surface area is 167 Å². The monoisotopic (exact) mass is 400 g/mol. The van der Waals surface area contributed by atoms with Crippen LogP contribution in [-0.2, 0) is 22.1 Å². The summed E-state index contributed by atoms with van der Waals surface area (Å²) in [6.45, 7) is 2.73. The molecule has 0 unspecified atom stereocenters. The summed E-state index contributed by atoms with van der Waals surface area (Å²) in [6.07, 6.45) is 5.00. The van der Waals surface area contributed by atoms with Gasteiger partial charge in [-0.2, -0.15) is 0 Å². The summed E-state index contributed by atoms with van der Waals surface area (Å²) in [5, 5.41) is 0. The third-order valence-corrected chi connectivity index (χ3v) is 5.88. The lowest BCUT2D eigenvalue weighted by Crippen LogP contribution is -2.29. The number of piperidine rings is 1. The van der Waals surface area contributed by atoms with Gasteiger partial charge in [0.2, 0.25) is 0 Å². The molecule has 6 heteroatoms. The molecule has 0 saturated carbocycles. The first-order chi connectivity index (χ1) is 13.3. The summed E-state index contributed by atoms with van der Waals surface area (Å²) in [6, 6.07) is 15.3. The van der Waals surface area contributed by atoms with E-state index in [0.717, 1.165) is 18.7 Å². The topological polar surface area (TPSA) is 57.7 Å². The van der Waals surface area contributed by atoms with Crippen molar-refractivity contribution in [3.8, 4) is 0 Å². The predicted octanol–water partition coefficient (Wildman–Crippen LogP) is 3.49. The molecule has 0 spiro atoms. The maximum absolute atomic E-state index is 12.7. The molecule has 2 aromatic carbocycles. The lowest BCUT2D eigenvalue weighted by Gasteiger charge is -2.29. The number of hydrogen-bond donors (Lipinski definition) is 0. The molecule has 1 aliphatic heterocycles. The molecule has 0 aromatic heterocycles. The molecule has 3 rings (SSSR count). The minimum Gasteiger partial charge on any atom is -0.372 e. The van der Waals surface area contributed by atoms with Crippen LogP contribution in [0, 0.1) is 0 Å². The van der Waals surface area contributed by atoms with Crippen LogP contribution in [0.15, 0.2) is 48.5 Å². The highest BCUT2D eigenvalue weighted by atomic mass is 32.2. The summed E-state index contributed by atoms with van der Waals surface area (Å²) < 4.78 is 23.0. The average Bonchev–Trinajstić information content (AvgIpc) is 2.67. The van der Waals surface area contributed by atoms with Crippen molar-refractivity contribution in [2.24, 2.45) is 0 Å². The fourth-order valence-corrected chi connectivity index (χ4v) is 4.41. The SMILES string of the molecule is CN(Cc1ccc(N2CCCCC2)cc1)C(=O)c1cccc(CS(C)(=O)=O)c1. The minimum atomic E-state index is -3.13. The van der Waals surface area contributed by atoms with Gasteiger partial charge >= 0.3 is 0 Å². The fraction of sp³-hybridized carbons (Fsp3) is 0.409. The first kappa shape index (κ1) is 20.4. The van der Waals surface area contributed by atoms with Crippen LogP contribution in [0.3, 0.4) is 0 Å². The second kappa shape index (κ2) is 8.78. The molecule has 5 nitrogen and oxygen atoms in total. The molecule has 0 bridgehead atoms. The molecule has 1 aliphatic rings. The number of amides is 1. The first-order valence-corrected chi connectivity index (χ1v) is 11.7. The quantitative estimate of drug-likeness (QED) is 0.745. The molecule has 0 radical (unpaired) electrons. The van der Waals surface area contributed by atoms with Gasteiger partial charge in [0.15, 0.2) is 9.84 Å². The van der Waals surface area contributed by atoms with E-state index in [1.807, 2.05) is 0 Å². The predicted molar refractivity (Wildman–Crippen MR) is 113 cm³/mol. The normalized spacial score (nSPS) is 14.7. The number of nitrogens with zero attached hydrogens (tertiary/aromatic N) is 2. The van der Waals surface area contributed by atoms with Crippen molar-refractivity contribution in [2.75, 3.05) is 31.3 Å². The number of rotatable bonds is 6. The van der Waals surface area contributed by atoms with Crippen molar-refractivity contribution in [1.29, 1.82) is 0 Å². The third-order valence-electron chi connectivity index (χ3n) is 5.03. The fourth-order valence-electron chi connectivity index (χ4n) is 3.63. The number of carbonyl (C=O) groups is 1. The Hall–Kier alpha value is -2.34. The summed E-state index contributed by atoms with van der Waals surface area (Å²) >= 11 is 0. The Balaban J connectivity index is 1.64. The van der Waals surface area contributed by atoms with Crippen LogP contribution in [0.5, 0.6) is 0 Å². The van der Waals surface area contributed by atoms with Crippen molar-refractivity contribution in [3.63, 3.8) is 0 Å². The molecule has 1 amide bonds. The average molecular weight is 401 g/mol. The Morgan fingerprint density at radius 1 is 1.00 bits per heavy atom. The van der Waals surface area contributed by atoms with E-state index >= 15 is 0 Å². The van der Waals surface area contributed by atoms with E-state index in [0.29, 0.717) is 17.7 Å². The molecule has 1 fully saturated rings. The molecule has 0 N–H and O–H groups in total. The van der Waals surface area contributed by atoms with Crippen LogP contribution in [0.25, 0.3) is 0 Å². The maximum Gasteiger partial charge on any atom is 0.253 e. The van der Waals surface area contributed by atoms with E-state index < -0.39 is 9.84 Å². The molecule has 150 valence electrons. The summed E-state index contributed by atoms with van der Waals surface area (Å²) in [5.41, 5.74) is 3.45. The first-order valence-electron chi connectivity index (χ1n) is 9.68.